The van der Waals surface area contributed by atoms with Gasteiger partial charge in [-0.3, -0.25) is 0 Å². The molecule has 0 radical (unpaired) electrons. The first-order valence-electron chi connectivity index (χ1n) is 9.45. The molecule has 3 aromatic carbocycles. The molecule has 3 aromatic rings. The van der Waals surface area contributed by atoms with Gasteiger partial charge in [-0.1, -0.05) is 51.3 Å². The van der Waals surface area contributed by atoms with E-state index in [0.717, 1.165) is 39.0 Å². The van der Waals surface area contributed by atoms with E-state index in [1.165, 1.54) is 0 Å². The van der Waals surface area contributed by atoms with Gasteiger partial charge in [0, 0.05) is 27.0 Å². The molecule has 2 aliphatic rings. The van der Waals surface area contributed by atoms with Crippen LogP contribution in [0.2, 0.25) is 10.0 Å². The average Bonchev–Trinajstić information content (AvgIpc) is 3.20. The second kappa shape index (κ2) is 7.80. The van der Waals surface area contributed by atoms with E-state index in [2.05, 4.69) is 28.1 Å². The minimum atomic E-state index is -0.403. The summed E-state index contributed by atoms with van der Waals surface area (Å²) in [6, 6.07) is 19.6. The molecule has 0 saturated heterocycles. The first-order valence-corrected chi connectivity index (χ1v) is 11.0. The van der Waals surface area contributed by atoms with Gasteiger partial charge < -0.3 is 9.47 Å². The Kier molecular flexibility index (Phi) is 5.13. The van der Waals surface area contributed by atoms with Gasteiger partial charge in [0.2, 0.25) is 6.23 Å². The van der Waals surface area contributed by atoms with Crippen molar-refractivity contribution in [3.05, 3.63) is 91.9 Å². The highest BCUT2D eigenvalue weighted by molar-refractivity contribution is 9.10. The minimum Gasteiger partial charge on any atom is -0.497 e. The summed E-state index contributed by atoms with van der Waals surface area (Å²) in [6.45, 7) is 0. The molecule has 0 N–H and O–H groups in total. The highest BCUT2D eigenvalue weighted by atomic mass is 79.9. The van der Waals surface area contributed by atoms with E-state index in [1.54, 1.807) is 13.2 Å². The van der Waals surface area contributed by atoms with Gasteiger partial charge in [-0.05, 0) is 54.1 Å². The number of hydrazone groups is 1. The van der Waals surface area contributed by atoms with E-state index in [9.17, 15) is 0 Å². The molecule has 4 nitrogen and oxygen atoms in total. The molecule has 0 amide bonds. The van der Waals surface area contributed by atoms with Crippen LogP contribution in [0.3, 0.4) is 0 Å². The molecule has 2 heterocycles. The van der Waals surface area contributed by atoms with Gasteiger partial charge in [0.15, 0.2) is 0 Å². The van der Waals surface area contributed by atoms with Gasteiger partial charge >= 0.3 is 0 Å². The van der Waals surface area contributed by atoms with Crippen LogP contribution in [0.25, 0.3) is 0 Å². The summed E-state index contributed by atoms with van der Waals surface area (Å²) in [7, 11) is 1.65. The summed E-state index contributed by atoms with van der Waals surface area (Å²) >= 11 is 16.3. The Hall–Kier alpha value is -2.21. The third-order valence-electron chi connectivity index (χ3n) is 5.39. The third kappa shape index (κ3) is 3.45. The lowest BCUT2D eigenvalue weighted by atomic mass is 9.96. The lowest BCUT2D eigenvalue weighted by molar-refractivity contribution is -0.0189. The maximum Gasteiger partial charge on any atom is 0.213 e. The van der Waals surface area contributed by atoms with Crippen LogP contribution in [0.15, 0.2) is 70.2 Å². The number of hydrogen-bond acceptors (Lipinski definition) is 4. The van der Waals surface area contributed by atoms with Crippen molar-refractivity contribution in [2.75, 3.05) is 7.11 Å². The van der Waals surface area contributed by atoms with E-state index in [4.69, 9.17) is 37.8 Å². The molecule has 30 heavy (non-hydrogen) atoms. The molecular weight excluding hydrogens is 487 g/mol. The number of benzene rings is 3. The zero-order valence-electron chi connectivity index (χ0n) is 16.0. The zero-order valence-corrected chi connectivity index (χ0v) is 19.1. The summed E-state index contributed by atoms with van der Waals surface area (Å²) < 4.78 is 12.7. The molecule has 2 unspecified atom stereocenters. The van der Waals surface area contributed by atoms with Crippen LogP contribution in [0.5, 0.6) is 11.5 Å². The largest absolute Gasteiger partial charge is 0.497 e. The van der Waals surface area contributed by atoms with Crippen LogP contribution in [0.4, 0.5) is 0 Å². The van der Waals surface area contributed by atoms with E-state index in [1.807, 2.05) is 47.5 Å². The fraction of sp³-hybridized carbons (Fsp3) is 0.174. The van der Waals surface area contributed by atoms with Crippen molar-refractivity contribution in [3.63, 3.8) is 0 Å². The standard InChI is InChI=1S/C23H17BrCl2N2O2/c1-29-17-8-4-14(5-9-17)23-28-21(18-10-16(25)11-19(26)22(18)30-23)12-20(27-28)13-2-6-15(24)7-3-13/h2-11,21,23H,12H2,1H3. The lowest BCUT2D eigenvalue weighted by Crippen LogP contribution is -2.33. The highest BCUT2D eigenvalue weighted by Crippen LogP contribution is 2.50. The summed E-state index contributed by atoms with van der Waals surface area (Å²) in [4.78, 5) is 0. The Labute approximate surface area is 193 Å². The van der Waals surface area contributed by atoms with Crippen molar-refractivity contribution in [1.29, 1.82) is 0 Å². The first kappa shape index (κ1) is 19.7. The van der Waals surface area contributed by atoms with E-state index >= 15 is 0 Å². The molecule has 2 atom stereocenters. The quantitative estimate of drug-likeness (QED) is 0.385. The van der Waals surface area contributed by atoms with Crippen LogP contribution in [0, 0.1) is 0 Å². The molecule has 0 spiro atoms. The Morgan fingerprint density at radius 2 is 1.80 bits per heavy atom. The summed E-state index contributed by atoms with van der Waals surface area (Å²) in [5, 5.41) is 8.06. The van der Waals surface area contributed by atoms with Crippen molar-refractivity contribution < 1.29 is 9.47 Å². The highest BCUT2D eigenvalue weighted by Gasteiger charge is 2.42. The Balaban J connectivity index is 1.60. The molecule has 0 fully saturated rings. The molecule has 0 bridgehead atoms. The molecule has 0 aromatic heterocycles. The van der Waals surface area contributed by atoms with Crippen molar-refractivity contribution in [1.82, 2.24) is 5.01 Å². The topological polar surface area (TPSA) is 34.1 Å². The summed E-state index contributed by atoms with van der Waals surface area (Å²) in [5.41, 5.74) is 4.00. The summed E-state index contributed by atoms with van der Waals surface area (Å²) in [5.74, 6) is 1.45. The van der Waals surface area contributed by atoms with Gasteiger partial charge in [0.25, 0.3) is 0 Å². The second-order valence-electron chi connectivity index (χ2n) is 7.20. The third-order valence-corrected chi connectivity index (χ3v) is 6.41. The number of hydrogen-bond donors (Lipinski definition) is 0. The zero-order chi connectivity index (χ0) is 20.8. The predicted molar refractivity (Wildman–Crippen MR) is 123 cm³/mol. The number of fused-ring (bicyclic) bond motifs is 3. The van der Waals surface area contributed by atoms with Crippen molar-refractivity contribution in [3.8, 4) is 11.5 Å². The molecule has 2 aliphatic heterocycles. The number of rotatable bonds is 3. The fourth-order valence-electron chi connectivity index (χ4n) is 3.92. The van der Waals surface area contributed by atoms with Crippen LogP contribution in [0.1, 0.15) is 35.4 Å². The van der Waals surface area contributed by atoms with Crippen LogP contribution >= 0.6 is 39.1 Å². The number of nitrogens with zero attached hydrogens (tertiary/aromatic N) is 2. The Morgan fingerprint density at radius 3 is 2.50 bits per heavy atom. The first-order chi connectivity index (χ1) is 14.5. The Bertz CT molecular complexity index is 1130. The van der Waals surface area contributed by atoms with Crippen molar-refractivity contribution >= 4 is 44.8 Å². The SMILES string of the molecule is COc1ccc(C2Oc3c(Cl)cc(Cl)cc3C3CC(c4ccc(Br)cc4)=NN32)cc1. The van der Waals surface area contributed by atoms with Gasteiger partial charge in [-0.15, -0.1) is 0 Å². The maximum atomic E-state index is 6.52. The number of ether oxygens (including phenoxy) is 2. The number of methoxy groups -OCH3 is 1. The second-order valence-corrected chi connectivity index (χ2v) is 8.96. The molecule has 152 valence electrons. The maximum absolute atomic E-state index is 6.52. The Morgan fingerprint density at radius 1 is 1.07 bits per heavy atom. The predicted octanol–water partition coefficient (Wildman–Crippen LogP) is 7.01. The van der Waals surface area contributed by atoms with Crippen LogP contribution in [-0.2, 0) is 0 Å². The van der Waals surface area contributed by atoms with Gasteiger partial charge in [-0.25, -0.2) is 5.01 Å². The molecule has 5 rings (SSSR count). The molecule has 0 saturated carbocycles. The number of halogens is 3. The van der Waals surface area contributed by atoms with Gasteiger partial charge in [0.05, 0.1) is 23.9 Å². The van der Waals surface area contributed by atoms with Gasteiger partial charge in [-0.2, -0.15) is 5.10 Å². The normalized spacial score (nSPS) is 19.6. The van der Waals surface area contributed by atoms with Crippen LogP contribution < -0.4 is 9.47 Å². The van der Waals surface area contributed by atoms with E-state index in [-0.39, 0.29) is 6.04 Å². The van der Waals surface area contributed by atoms with Crippen LogP contribution in [-0.4, -0.2) is 17.8 Å². The van der Waals surface area contributed by atoms with E-state index < -0.39 is 6.23 Å². The minimum absolute atomic E-state index is 0.0179. The monoisotopic (exact) mass is 502 g/mol. The molecular formula is C23H17BrCl2N2O2. The smallest absolute Gasteiger partial charge is 0.213 e. The lowest BCUT2D eigenvalue weighted by Gasteiger charge is -2.38. The van der Waals surface area contributed by atoms with Gasteiger partial charge in [0.1, 0.15) is 11.5 Å². The average molecular weight is 504 g/mol. The van der Waals surface area contributed by atoms with Crippen molar-refractivity contribution in [2.45, 2.75) is 18.7 Å². The summed E-state index contributed by atoms with van der Waals surface area (Å²) in [6.07, 6.45) is 0.335. The van der Waals surface area contributed by atoms with Crippen molar-refractivity contribution in [2.24, 2.45) is 5.10 Å². The fourth-order valence-corrected chi connectivity index (χ4v) is 4.74. The molecule has 0 aliphatic carbocycles. The molecule has 7 heteroatoms. The van der Waals surface area contributed by atoms with E-state index in [0.29, 0.717) is 15.8 Å².